The lowest BCUT2D eigenvalue weighted by Crippen LogP contribution is -2.27. The van der Waals surface area contributed by atoms with Crippen molar-refractivity contribution in [1.82, 2.24) is 0 Å². The first-order valence-corrected chi connectivity index (χ1v) is 9.08. The molecule has 0 heterocycles. The maximum Gasteiger partial charge on any atom is 0.204 e. The topological polar surface area (TPSA) is 18.5 Å². The van der Waals surface area contributed by atoms with Gasteiger partial charge in [-0.3, -0.25) is 0 Å². The van der Waals surface area contributed by atoms with Crippen molar-refractivity contribution in [3.8, 4) is 5.75 Å². The smallest absolute Gasteiger partial charge is 0.204 e. The highest BCUT2D eigenvalue weighted by Gasteiger charge is 2.15. The summed E-state index contributed by atoms with van der Waals surface area (Å²) in [5.41, 5.74) is 2.58. The largest absolute Gasteiger partial charge is 0.465 e. The van der Waals surface area contributed by atoms with E-state index in [0.29, 0.717) is 5.92 Å². The molecule has 0 aliphatic heterocycles. The Bertz CT molecular complexity index is 577. The summed E-state index contributed by atoms with van der Waals surface area (Å²) < 4.78 is 12.2. The molecule has 130 valence electrons. The van der Waals surface area contributed by atoms with Crippen LogP contribution in [0.25, 0.3) is 0 Å². The predicted molar refractivity (Wildman–Crippen MR) is 101 cm³/mol. The van der Waals surface area contributed by atoms with E-state index in [4.69, 9.17) is 9.47 Å². The van der Waals surface area contributed by atoms with Gasteiger partial charge in [-0.15, -0.1) is 0 Å². The zero-order chi connectivity index (χ0) is 17.4. The quantitative estimate of drug-likeness (QED) is 0.529. The molecule has 0 N–H and O–H groups in total. The van der Waals surface area contributed by atoms with E-state index in [1.165, 1.54) is 11.1 Å². The van der Waals surface area contributed by atoms with E-state index >= 15 is 0 Å². The highest BCUT2D eigenvalue weighted by molar-refractivity contribution is 5.29. The Balaban J connectivity index is 2.06. The Morgan fingerprint density at radius 2 is 1.50 bits per heavy atom. The van der Waals surface area contributed by atoms with Crippen LogP contribution in [0.3, 0.4) is 0 Å². The molecule has 2 nitrogen and oxygen atoms in total. The Morgan fingerprint density at radius 1 is 0.833 bits per heavy atom. The van der Waals surface area contributed by atoms with Gasteiger partial charge in [0.25, 0.3) is 0 Å². The normalized spacial score (nSPS) is 14.8. The molecular weight excluding hydrogens is 296 g/mol. The van der Waals surface area contributed by atoms with Crippen LogP contribution in [0, 0.1) is 0 Å². The lowest BCUT2D eigenvalue weighted by atomic mass is 9.99. The van der Waals surface area contributed by atoms with Gasteiger partial charge in [0.15, 0.2) is 0 Å². The van der Waals surface area contributed by atoms with E-state index in [1.54, 1.807) is 0 Å². The van der Waals surface area contributed by atoms with E-state index in [2.05, 4.69) is 76.2 Å². The number of benzene rings is 2. The zero-order valence-electron chi connectivity index (χ0n) is 15.4. The van der Waals surface area contributed by atoms with Crippen molar-refractivity contribution in [2.24, 2.45) is 0 Å². The fraction of sp³-hybridized carbons (Fsp3) is 0.455. The molecule has 3 unspecified atom stereocenters. The molecule has 0 aromatic heterocycles. The van der Waals surface area contributed by atoms with Gasteiger partial charge in [0.1, 0.15) is 5.75 Å². The second kappa shape index (κ2) is 9.48. The summed E-state index contributed by atoms with van der Waals surface area (Å²) in [7, 11) is 0. The van der Waals surface area contributed by atoms with Crippen LogP contribution in [0.5, 0.6) is 5.75 Å². The monoisotopic (exact) mass is 326 g/mol. The van der Waals surface area contributed by atoms with Crippen molar-refractivity contribution in [3.05, 3.63) is 65.7 Å². The van der Waals surface area contributed by atoms with Crippen molar-refractivity contribution in [3.63, 3.8) is 0 Å². The molecule has 0 saturated carbocycles. The first-order valence-electron chi connectivity index (χ1n) is 9.08. The second-order valence-corrected chi connectivity index (χ2v) is 6.47. The summed E-state index contributed by atoms with van der Waals surface area (Å²) in [6, 6.07) is 18.8. The van der Waals surface area contributed by atoms with E-state index in [1.807, 2.05) is 6.07 Å². The summed E-state index contributed by atoms with van der Waals surface area (Å²) in [5.74, 6) is 1.45. The van der Waals surface area contributed by atoms with Crippen LogP contribution in [0.1, 0.15) is 57.6 Å². The average Bonchev–Trinajstić information content (AvgIpc) is 2.62. The minimum absolute atomic E-state index is 0.179. The Kier molecular flexibility index (Phi) is 7.33. The first-order chi connectivity index (χ1) is 11.6. The van der Waals surface area contributed by atoms with Crippen molar-refractivity contribution >= 4 is 0 Å². The van der Waals surface area contributed by atoms with E-state index in [0.717, 1.165) is 25.0 Å². The minimum Gasteiger partial charge on any atom is -0.465 e. The van der Waals surface area contributed by atoms with Crippen LogP contribution in [0.4, 0.5) is 0 Å². The summed E-state index contributed by atoms with van der Waals surface area (Å²) in [5, 5.41) is 0. The van der Waals surface area contributed by atoms with Crippen LogP contribution in [0.15, 0.2) is 54.6 Å². The fourth-order valence-corrected chi connectivity index (χ4v) is 2.54. The molecule has 2 aromatic carbocycles. The maximum absolute atomic E-state index is 6.14. The molecule has 0 saturated heterocycles. The van der Waals surface area contributed by atoms with Crippen LogP contribution >= 0.6 is 0 Å². The van der Waals surface area contributed by atoms with Crippen molar-refractivity contribution in [1.29, 1.82) is 0 Å². The Morgan fingerprint density at radius 3 is 2.08 bits per heavy atom. The highest BCUT2D eigenvalue weighted by atomic mass is 16.7. The van der Waals surface area contributed by atoms with Gasteiger partial charge >= 0.3 is 0 Å². The molecule has 0 bridgehead atoms. The Hall–Kier alpha value is -1.80. The van der Waals surface area contributed by atoms with Crippen LogP contribution in [-0.2, 0) is 11.2 Å². The third-order valence-electron chi connectivity index (χ3n) is 4.53. The maximum atomic E-state index is 6.14. The lowest BCUT2D eigenvalue weighted by Gasteiger charge is -2.23. The van der Waals surface area contributed by atoms with Gasteiger partial charge in [-0.1, -0.05) is 63.2 Å². The standard InChI is InChI=1S/C22H30O2/c1-5-17(3)20-12-14-21(15-13-20)24-22(23-18(4)6-2)16-19-10-8-7-9-11-19/h7-15,17-18,22H,5-6,16H2,1-4H3. The number of rotatable bonds is 9. The molecule has 0 fully saturated rings. The summed E-state index contributed by atoms with van der Waals surface area (Å²) in [4.78, 5) is 0. The third kappa shape index (κ3) is 5.68. The summed E-state index contributed by atoms with van der Waals surface area (Å²) >= 11 is 0. The van der Waals surface area contributed by atoms with E-state index < -0.39 is 0 Å². The average molecular weight is 326 g/mol. The van der Waals surface area contributed by atoms with Crippen LogP contribution in [0.2, 0.25) is 0 Å². The number of hydrogen-bond acceptors (Lipinski definition) is 2. The first kappa shape index (κ1) is 18.5. The molecule has 0 radical (unpaired) electrons. The molecule has 0 aliphatic rings. The lowest BCUT2D eigenvalue weighted by molar-refractivity contribution is -0.113. The summed E-state index contributed by atoms with van der Waals surface area (Å²) in [6.45, 7) is 8.68. The van der Waals surface area contributed by atoms with Crippen LogP contribution in [-0.4, -0.2) is 12.4 Å². The van der Waals surface area contributed by atoms with Crippen molar-refractivity contribution < 1.29 is 9.47 Å². The van der Waals surface area contributed by atoms with E-state index in [9.17, 15) is 0 Å². The van der Waals surface area contributed by atoms with Gasteiger partial charge in [0, 0.05) is 6.42 Å². The SMILES string of the molecule is CCC(C)OC(Cc1ccccc1)Oc1ccc(C(C)CC)cc1. The number of ether oxygens (including phenoxy) is 2. The molecule has 24 heavy (non-hydrogen) atoms. The predicted octanol–water partition coefficient (Wildman–Crippen LogP) is 5.96. The van der Waals surface area contributed by atoms with Gasteiger partial charge < -0.3 is 9.47 Å². The minimum atomic E-state index is -0.267. The molecule has 2 heteroatoms. The molecule has 0 aliphatic carbocycles. The van der Waals surface area contributed by atoms with E-state index in [-0.39, 0.29) is 12.4 Å². The molecule has 2 rings (SSSR count). The van der Waals surface area contributed by atoms with Gasteiger partial charge in [0.2, 0.25) is 6.29 Å². The third-order valence-corrected chi connectivity index (χ3v) is 4.53. The molecule has 0 spiro atoms. The fourth-order valence-electron chi connectivity index (χ4n) is 2.54. The van der Waals surface area contributed by atoms with Crippen LogP contribution < -0.4 is 4.74 Å². The number of hydrogen-bond donors (Lipinski definition) is 0. The van der Waals surface area contributed by atoms with Gasteiger partial charge in [0.05, 0.1) is 6.10 Å². The Labute approximate surface area is 146 Å². The van der Waals surface area contributed by atoms with Crippen molar-refractivity contribution in [2.45, 2.75) is 65.3 Å². The summed E-state index contributed by atoms with van der Waals surface area (Å²) in [6.07, 6.45) is 2.78. The molecular formula is C22H30O2. The van der Waals surface area contributed by atoms with Gasteiger partial charge in [-0.25, -0.2) is 0 Å². The molecule has 2 aromatic rings. The molecule has 0 amide bonds. The van der Waals surface area contributed by atoms with Gasteiger partial charge in [-0.05, 0) is 48.9 Å². The molecule has 3 atom stereocenters. The van der Waals surface area contributed by atoms with Crippen molar-refractivity contribution in [2.75, 3.05) is 0 Å². The van der Waals surface area contributed by atoms with Gasteiger partial charge in [-0.2, -0.15) is 0 Å². The zero-order valence-corrected chi connectivity index (χ0v) is 15.4. The second-order valence-electron chi connectivity index (χ2n) is 6.47. The highest BCUT2D eigenvalue weighted by Crippen LogP contribution is 2.23.